The maximum atomic E-state index is 13.2. The number of carbonyl (C=O) groups excluding carboxylic acids is 1. The van der Waals surface area contributed by atoms with Crippen molar-refractivity contribution in [2.75, 3.05) is 32.1 Å². The Labute approximate surface area is 237 Å². The minimum Gasteiger partial charge on any atom is -0.461 e. The van der Waals surface area contributed by atoms with Crippen LogP contribution in [0.3, 0.4) is 0 Å². The van der Waals surface area contributed by atoms with Crippen molar-refractivity contribution in [3.05, 3.63) is 24.3 Å². The van der Waals surface area contributed by atoms with Gasteiger partial charge in [0, 0.05) is 25.2 Å². The summed E-state index contributed by atoms with van der Waals surface area (Å²) in [6, 6.07) is 6.85. The maximum Gasteiger partial charge on any atom is 0.316 e. The molecule has 2 heterocycles. The van der Waals surface area contributed by atoms with E-state index in [9.17, 15) is 13.2 Å². The summed E-state index contributed by atoms with van der Waals surface area (Å²) >= 11 is 1.32. The number of hydrogen-bond donors (Lipinski definition) is 0. The van der Waals surface area contributed by atoms with E-state index >= 15 is 0 Å². The molecule has 2 fully saturated rings. The fraction of sp³-hybridized carbons (Fsp3) is 0.679. The topological polar surface area (TPSA) is 104 Å². The largest absolute Gasteiger partial charge is 0.461 e. The SMILES string of the molecule is CC(C)Cn1c(SCC(=O)O[C@@H]2C[C@H](C)CC[C@@H]2C(C)C)nnc1-c1cccc(S(=O)(=O)N2CCOCC2)c1. The highest BCUT2D eigenvalue weighted by atomic mass is 32.2. The third-order valence-electron chi connectivity index (χ3n) is 7.53. The summed E-state index contributed by atoms with van der Waals surface area (Å²) in [6.07, 6.45) is 3.15. The lowest BCUT2D eigenvalue weighted by molar-refractivity contribution is -0.152. The summed E-state index contributed by atoms with van der Waals surface area (Å²) in [5.41, 5.74) is 0.669. The molecule has 0 unspecified atom stereocenters. The summed E-state index contributed by atoms with van der Waals surface area (Å²) in [5, 5.41) is 9.44. The Morgan fingerprint density at radius 2 is 1.90 bits per heavy atom. The average Bonchev–Trinajstić information content (AvgIpc) is 3.29. The van der Waals surface area contributed by atoms with E-state index in [4.69, 9.17) is 9.47 Å². The number of sulfonamides is 1. The molecule has 0 amide bonds. The molecule has 0 bridgehead atoms. The van der Waals surface area contributed by atoms with E-state index in [1.54, 1.807) is 18.2 Å². The Kier molecular flexibility index (Phi) is 10.1. The van der Waals surface area contributed by atoms with Crippen molar-refractivity contribution in [2.24, 2.45) is 23.7 Å². The predicted octanol–water partition coefficient (Wildman–Crippen LogP) is 4.72. The van der Waals surface area contributed by atoms with Crippen LogP contribution in [0.2, 0.25) is 0 Å². The maximum absolute atomic E-state index is 13.2. The number of morpholine rings is 1. The molecule has 0 N–H and O–H groups in total. The van der Waals surface area contributed by atoms with E-state index in [1.165, 1.54) is 22.5 Å². The molecule has 1 aromatic heterocycles. The van der Waals surface area contributed by atoms with Crippen molar-refractivity contribution in [1.82, 2.24) is 19.1 Å². The molecule has 11 heteroatoms. The van der Waals surface area contributed by atoms with E-state index in [0.29, 0.717) is 73.1 Å². The molecule has 0 radical (unpaired) electrons. The number of nitrogens with zero attached hydrogens (tertiary/aromatic N) is 4. The van der Waals surface area contributed by atoms with Crippen molar-refractivity contribution in [1.29, 1.82) is 0 Å². The van der Waals surface area contributed by atoms with Gasteiger partial charge in [0.25, 0.3) is 0 Å². The summed E-state index contributed by atoms with van der Waals surface area (Å²) in [7, 11) is -3.64. The minimum absolute atomic E-state index is 0.0397. The second kappa shape index (κ2) is 13.1. The second-order valence-corrected chi connectivity index (χ2v) is 14.4. The van der Waals surface area contributed by atoms with Gasteiger partial charge in [-0.15, -0.1) is 10.2 Å². The molecule has 0 spiro atoms. The van der Waals surface area contributed by atoms with Crippen molar-refractivity contribution >= 4 is 27.8 Å². The first-order valence-corrected chi connectivity index (χ1v) is 16.4. The number of aromatic nitrogens is 3. The molecule has 9 nitrogen and oxygen atoms in total. The van der Waals surface area contributed by atoms with Crippen LogP contribution in [0.15, 0.2) is 34.3 Å². The van der Waals surface area contributed by atoms with Crippen LogP contribution >= 0.6 is 11.8 Å². The van der Waals surface area contributed by atoms with Gasteiger partial charge >= 0.3 is 5.97 Å². The Hall–Kier alpha value is -1.95. The molecule has 3 atom stereocenters. The zero-order chi connectivity index (χ0) is 28.2. The highest BCUT2D eigenvalue weighted by Gasteiger charge is 2.33. The van der Waals surface area contributed by atoms with Crippen LogP contribution in [0.5, 0.6) is 0 Å². The second-order valence-electron chi connectivity index (χ2n) is 11.5. The smallest absolute Gasteiger partial charge is 0.316 e. The number of thioether (sulfide) groups is 1. The van der Waals surface area contributed by atoms with Gasteiger partial charge in [0.2, 0.25) is 10.0 Å². The number of esters is 1. The number of ether oxygens (including phenoxy) is 2. The van der Waals surface area contributed by atoms with Gasteiger partial charge in [0.15, 0.2) is 11.0 Å². The molecule has 1 aliphatic carbocycles. The number of rotatable bonds is 10. The summed E-state index contributed by atoms with van der Waals surface area (Å²) in [6.45, 7) is 12.9. The number of carbonyl (C=O) groups is 1. The lowest BCUT2D eigenvalue weighted by atomic mass is 9.75. The summed E-state index contributed by atoms with van der Waals surface area (Å²) in [5.74, 6) is 2.22. The third-order valence-corrected chi connectivity index (χ3v) is 10.4. The highest BCUT2D eigenvalue weighted by Crippen LogP contribution is 2.36. The lowest BCUT2D eigenvalue weighted by Crippen LogP contribution is -2.40. The highest BCUT2D eigenvalue weighted by molar-refractivity contribution is 7.99. The molecule has 2 aliphatic rings. The Morgan fingerprint density at radius 1 is 1.15 bits per heavy atom. The number of benzene rings is 1. The molecule has 4 rings (SSSR count). The molecule has 1 aromatic carbocycles. The molecular weight excluding hydrogens is 536 g/mol. The van der Waals surface area contributed by atoms with Gasteiger partial charge in [0.05, 0.1) is 23.9 Å². The zero-order valence-corrected chi connectivity index (χ0v) is 25.3. The molecule has 1 aliphatic heterocycles. The first-order chi connectivity index (χ1) is 18.6. The van der Waals surface area contributed by atoms with Crippen LogP contribution in [-0.2, 0) is 30.8 Å². The van der Waals surface area contributed by atoms with Crippen molar-refractivity contribution in [3.63, 3.8) is 0 Å². The van der Waals surface area contributed by atoms with Crippen LogP contribution in [-0.4, -0.2) is 71.6 Å². The Bertz CT molecular complexity index is 1220. The van der Waals surface area contributed by atoms with Crippen LogP contribution in [0.4, 0.5) is 0 Å². The van der Waals surface area contributed by atoms with Crippen LogP contribution < -0.4 is 0 Å². The van der Waals surface area contributed by atoms with E-state index < -0.39 is 10.0 Å². The molecule has 39 heavy (non-hydrogen) atoms. The monoisotopic (exact) mass is 578 g/mol. The van der Waals surface area contributed by atoms with E-state index in [2.05, 4.69) is 44.8 Å². The first kappa shape index (κ1) is 30.0. The third kappa shape index (κ3) is 7.42. The van der Waals surface area contributed by atoms with Crippen LogP contribution in [0.1, 0.15) is 53.9 Å². The minimum atomic E-state index is -3.64. The molecule has 1 saturated carbocycles. The van der Waals surface area contributed by atoms with E-state index in [0.717, 1.165) is 12.8 Å². The summed E-state index contributed by atoms with van der Waals surface area (Å²) < 4.78 is 41.2. The van der Waals surface area contributed by atoms with Crippen LogP contribution in [0.25, 0.3) is 11.4 Å². The van der Waals surface area contributed by atoms with Gasteiger partial charge in [-0.2, -0.15) is 4.31 Å². The van der Waals surface area contributed by atoms with Crippen molar-refractivity contribution in [2.45, 2.75) is 76.6 Å². The number of hydrogen-bond acceptors (Lipinski definition) is 8. The van der Waals surface area contributed by atoms with Gasteiger partial charge in [-0.1, -0.05) is 64.9 Å². The van der Waals surface area contributed by atoms with Gasteiger partial charge in [-0.25, -0.2) is 8.42 Å². The van der Waals surface area contributed by atoms with Crippen molar-refractivity contribution < 1.29 is 22.7 Å². The quantitative estimate of drug-likeness (QED) is 0.295. The summed E-state index contributed by atoms with van der Waals surface area (Å²) in [4.78, 5) is 13.1. The molecule has 2 aromatic rings. The van der Waals surface area contributed by atoms with Gasteiger partial charge in [0.1, 0.15) is 6.10 Å². The lowest BCUT2D eigenvalue weighted by Gasteiger charge is -2.36. The molecular formula is C28H42N4O5S2. The van der Waals surface area contributed by atoms with E-state index in [-0.39, 0.29) is 22.7 Å². The molecule has 1 saturated heterocycles. The fourth-order valence-electron chi connectivity index (χ4n) is 5.45. The Balaban J connectivity index is 1.51. The van der Waals surface area contributed by atoms with E-state index in [1.807, 2.05) is 10.6 Å². The Morgan fingerprint density at radius 3 is 2.59 bits per heavy atom. The van der Waals surface area contributed by atoms with Crippen LogP contribution in [0, 0.1) is 23.7 Å². The average molecular weight is 579 g/mol. The predicted molar refractivity (Wildman–Crippen MR) is 152 cm³/mol. The van der Waals surface area contributed by atoms with Crippen molar-refractivity contribution in [3.8, 4) is 11.4 Å². The first-order valence-electron chi connectivity index (χ1n) is 14.0. The van der Waals surface area contributed by atoms with Gasteiger partial charge < -0.3 is 14.0 Å². The normalized spacial score (nSPS) is 22.9. The standard InChI is InChI=1S/C28H42N4O5S2/c1-19(2)17-32-27(22-7-6-8-23(16-22)39(34,35)31-11-13-36-14-12-31)29-30-28(32)38-18-26(33)37-25-15-21(5)9-10-24(25)20(3)4/h6-8,16,19-21,24-25H,9-15,17-18H2,1-5H3/t21-,24-,25-/m1/s1. The fourth-order valence-corrected chi connectivity index (χ4v) is 7.63. The zero-order valence-electron chi connectivity index (χ0n) is 23.7. The molecule has 216 valence electrons. The van der Waals surface area contributed by atoms with Gasteiger partial charge in [-0.3, -0.25) is 4.79 Å². The van der Waals surface area contributed by atoms with Gasteiger partial charge in [-0.05, 0) is 48.6 Å².